The number of allylic oxidation sites excluding steroid dienone is 1. The molecule has 0 fully saturated rings. The number of fused-ring (bicyclic) bond motifs is 1. The summed E-state index contributed by atoms with van der Waals surface area (Å²) in [7, 11) is 4.29. The zero-order chi connectivity index (χ0) is 22.1. The van der Waals surface area contributed by atoms with Crippen molar-refractivity contribution < 1.29 is 19.8 Å². The number of pyridine rings is 1. The van der Waals surface area contributed by atoms with Gasteiger partial charge in [-0.25, -0.2) is 9.59 Å². The second-order valence-corrected chi connectivity index (χ2v) is 7.39. The fourth-order valence-electron chi connectivity index (χ4n) is 3.50. The first-order chi connectivity index (χ1) is 14.3. The van der Waals surface area contributed by atoms with Crippen molar-refractivity contribution in [2.45, 2.75) is 25.7 Å². The normalized spacial score (nSPS) is 13.7. The van der Waals surface area contributed by atoms with Gasteiger partial charge in [0, 0.05) is 36.5 Å². The lowest BCUT2D eigenvalue weighted by atomic mass is 9.89. The molecule has 158 valence electrons. The molecule has 2 aromatic rings. The van der Waals surface area contributed by atoms with E-state index in [0.717, 1.165) is 25.1 Å². The molecule has 30 heavy (non-hydrogen) atoms. The van der Waals surface area contributed by atoms with Gasteiger partial charge in [-0.2, -0.15) is 0 Å². The van der Waals surface area contributed by atoms with Crippen LogP contribution in [-0.4, -0.2) is 52.7 Å². The van der Waals surface area contributed by atoms with Gasteiger partial charge in [0.05, 0.1) is 0 Å². The van der Waals surface area contributed by atoms with Gasteiger partial charge in [-0.3, -0.25) is 4.98 Å². The molecule has 0 bridgehead atoms. The maximum absolute atomic E-state index is 9.55. The van der Waals surface area contributed by atoms with Gasteiger partial charge in [0.15, 0.2) is 0 Å². The Hall–Kier alpha value is -3.25. The topological polar surface area (TPSA) is 90.7 Å². The molecule has 0 saturated carbocycles. The Bertz CT molecular complexity index is 917. The maximum Gasteiger partial charge on any atom is 0.328 e. The van der Waals surface area contributed by atoms with Crippen LogP contribution in [0.3, 0.4) is 0 Å². The summed E-state index contributed by atoms with van der Waals surface area (Å²) in [6.45, 7) is 3.39. The number of carbonyl (C=O) groups is 2. The maximum atomic E-state index is 9.55. The van der Waals surface area contributed by atoms with Crippen LogP contribution in [-0.2, 0) is 16.0 Å². The minimum atomic E-state index is -1.26. The molecule has 1 aliphatic carbocycles. The molecule has 1 aliphatic rings. The predicted molar refractivity (Wildman–Crippen MR) is 117 cm³/mol. The van der Waals surface area contributed by atoms with Gasteiger partial charge in [-0.05, 0) is 55.8 Å². The molecule has 6 heteroatoms. The minimum Gasteiger partial charge on any atom is -0.478 e. The fourth-order valence-corrected chi connectivity index (χ4v) is 3.50. The van der Waals surface area contributed by atoms with Gasteiger partial charge in [0.1, 0.15) is 0 Å². The lowest BCUT2D eigenvalue weighted by Crippen LogP contribution is -2.14. The Morgan fingerprint density at radius 1 is 1.07 bits per heavy atom. The first kappa shape index (κ1) is 23.0. The average molecular weight is 408 g/mol. The van der Waals surface area contributed by atoms with Gasteiger partial charge in [-0.15, -0.1) is 0 Å². The molecule has 0 radical (unpaired) electrons. The first-order valence-electron chi connectivity index (χ1n) is 9.79. The van der Waals surface area contributed by atoms with E-state index in [4.69, 9.17) is 10.2 Å². The minimum absolute atomic E-state index is 0.349. The molecule has 0 unspecified atom stereocenters. The zero-order valence-corrected chi connectivity index (χ0v) is 17.6. The number of aromatic nitrogens is 1. The first-order valence-corrected chi connectivity index (χ1v) is 9.79. The average Bonchev–Trinajstić information content (AvgIpc) is 3.09. The van der Waals surface area contributed by atoms with Crippen molar-refractivity contribution in [3.05, 3.63) is 83.2 Å². The van der Waals surface area contributed by atoms with E-state index in [2.05, 4.69) is 67.3 Å². The molecule has 0 amide bonds. The number of carboxylic acids is 2. The Morgan fingerprint density at radius 2 is 1.70 bits per heavy atom. The van der Waals surface area contributed by atoms with Gasteiger partial charge < -0.3 is 15.1 Å². The van der Waals surface area contributed by atoms with Crippen LogP contribution in [0.15, 0.2) is 66.4 Å². The monoisotopic (exact) mass is 408 g/mol. The highest BCUT2D eigenvalue weighted by Gasteiger charge is 2.26. The van der Waals surface area contributed by atoms with Crippen LogP contribution in [0.5, 0.6) is 0 Å². The number of nitrogens with zero attached hydrogens (tertiary/aromatic N) is 2. The molecule has 0 saturated heterocycles. The third kappa shape index (κ3) is 6.67. The molecule has 6 nitrogen and oxygen atoms in total. The molecule has 0 aliphatic heterocycles. The van der Waals surface area contributed by atoms with Crippen LogP contribution in [0.25, 0.3) is 5.57 Å². The Morgan fingerprint density at radius 3 is 2.27 bits per heavy atom. The van der Waals surface area contributed by atoms with Crippen LogP contribution in [0, 0.1) is 0 Å². The molecule has 0 spiro atoms. The lowest BCUT2D eigenvalue weighted by molar-refractivity contribution is -0.134. The van der Waals surface area contributed by atoms with E-state index in [1.165, 1.54) is 16.7 Å². The van der Waals surface area contributed by atoms with Crippen molar-refractivity contribution in [1.29, 1.82) is 0 Å². The Balaban J connectivity index is 0.000000343. The molecular weight excluding hydrogens is 380 g/mol. The van der Waals surface area contributed by atoms with Crippen molar-refractivity contribution in [3.63, 3.8) is 0 Å². The third-order valence-electron chi connectivity index (χ3n) is 4.89. The van der Waals surface area contributed by atoms with Crippen LogP contribution in [0.2, 0.25) is 0 Å². The fraction of sp³-hybridized carbons (Fsp3) is 0.292. The van der Waals surface area contributed by atoms with Crippen molar-refractivity contribution in [2.24, 2.45) is 0 Å². The van der Waals surface area contributed by atoms with Crippen LogP contribution < -0.4 is 0 Å². The van der Waals surface area contributed by atoms with Gasteiger partial charge in [-0.1, -0.05) is 42.8 Å². The van der Waals surface area contributed by atoms with Crippen LogP contribution in [0.4, 0.5) is 0 Å². The van der Waals surface area contributed by atoms with E-state index < -0.39 is 11.9 Å². The number of hydrogen-bond acceptors (Lipinski definition) is 4. The summed E-state index contributed by atoms with van der Waals surface area (Å²) < 4.78 is 0. The van der Waals surface area contributed by atoms with Gasteiger partial charge in [0.25, 0.3) is 0 Å². The highest BCUT2D eigenvalue weighted by Crippen LogP contribution is 2.42. The summed E-state index contributed by atoms with van der Waals surface area (Å²) in [5, 5.41) is 15.6. The summed E-state index contributed by atoms with van der Waals surface area (Å²) >= 11 is 0. The highest BCUT2D eigenvalue weighted by atomic mass is 16.4. The third-order valence-corrected chi connectivity index (χ3v) is 4.89. The summed E-state index contributed by atoms with van der Waals surface area (Å²) in [6, 6.07) is 15.0. The highest BCUT2D eigenvalue weighted by molar-refractivity contribution is 5.89. The molecule has 1 heterocycles. The summed E-state index contributed by atoms with van der Waals surface area (Å²) in [5.41, 5.74) is 7.13. The standard InChI is InChI=1S/C20H24N2.C4H4O4/c1-15(19-10-6-7-12-21-19)20-17(11-13-22(2)3)14-16-8-4-5-9-18(16)20;5-3(6)1-2-4(7)8/h4-10,12,15H,11,13-14H2,1-3H3;1-2H,(H,5,6)(H,7,8)/t15-;/m1./s1. The van der Waals surface area contributed by atoms with Crippen molar-refractivity contribution >= 4 is 17.5 Å². The van der Waals surface area contributed by atoms with E-state index in [1.54, 1.807) is 5.57 Å². The molecule has 1 atom stereocenters. The number of rotatable bonds is 7. The van der Waals surface area contributed by atoms with Crippen LogP contribution >= 0.6 is 0 Å². The van der Waals surface area contributed by atoms with E-state index in [1.807, 2.05) is 12.3 Å². The number of benzene rings is 1. The van der Waals surface area contributed by atoms with Crippen molar-refractivity contribution in [2.75, 3.05) is 20.6 Å². The number of aliphatic carboxylic acids is 2. The predicted octanol–water partition coefficient (Wildman–Crippen LogP) is 3.86. The Kier molecular flexibility index (Phi) is 8.50. The van der Waals surface area contributed by atoms with Crippen molar-refractivity contribution in [3.8, 4) is 0 Å². The van der Waals surface area contributed by atoms with E-state index in [-0.39, 0.29) is 0 Å². The molecule has 1 aromatic heterocycles. The summed E-state index contributed by atoms with van der Waals surface area (Å²) in [5.74, 6) is -2.16. The van der Waals surface area contributed by atoms with Crippen molar-refractivity contribution in [1.82, 2.24) is 9.88 Å². The number of hydrogen-bond donors (Lipinski definition) is 2. The largest absolute Gasteiger partial charge is 0.478 e. The lowest BCUT2D eigenvalue weighted by Gasteiger charge is -2.18. The van der Waals surface area contributed by atoms with Crippen LogP contribution in [0.1, 0.15) is 36.1 Å². The van der Waals surface area contributed by atoms with Gasteiger partial charge in [0.2, 0.25) is 0 Å². The molecular formula is C24H28N2O4. The smallest absolute Gasteiger partial charge is 0.328 e. The summed E-state index contributed by atoms with van der Waals surface area (Å²) in [6.07, 6.45) is 5.24. The quantitative estimate of drug-likeness (QED) is 0.676. The Labute approximate surface area is 177 Å². The van der Waals surface area contributed by atoms with E-state index in [9.17, 15) is 9.59 Å². The zero-order valence-electron chi connectivity index (χ0n) is 17.6. The second-order valence-electron chi connectivity index (χ2n) is 7.39. The van der Waals surface area contributed by atoms with E-state index in [0.29, 0.717) is 18.1 Å². The summed E-state index contributed by atoms with van der Waals surface area (Å²) in [4.78, 5) is 26.0. The van der Waals surface area contributed by atoms with E-state index >= 15 is 0 Å². The SMILES string of the molecule is C[C@@H](C1=C(CCN(C)C)Cc2ccccc21)c1ccccn1.O=C(O)C=CC(=O)O. The molecule has 3 rings (SSSR count). The van der Waals surface area contributed by atoms with Gasteiger partial charge >= 0.3 is 11.9 Å². The molecule has 2 N–H and O–H groups in total. The number of carboxylic acid groups (broad SMARTS) is 2. The second kappa shape index (κ2) is 11.1. The molecule has 1 aromatic carbocycles.